The summed E-state index contributed by atoms with van der Waals surface area (Å²) in [6.45, 7) is 0.389. The van der Waals surface area contributed by atoms with Crippen LogP contribution < -0.4 is 10.9 Å². The maximum Gasteiger partial charge on any atom is 0.275 e. The van der Waals surface area contributed by atoms with E-state index in [1.165, 1.54) is 10.7 Å². The van der Waals surface area contributed by atoms with Crippen LogP contribution in [0.3, 0.4) is 0 Å². The maximum atomic E-state index is 11.8. The van der Waals surface area contributed by atoms with Crippen molar-refractivity contribution in [2.75, 3.05) is 7.05 Å². The number of nitrogens with zero attached hydrogens (tertiary/aromatic N) is 2. The monoisotopic (exact) mass is 309 g/mol. The Balaban J connectivity index is 2.57. The van der Waals surface area contributed by atoms with Gasteiger partial charge in [0.25, 0.3) is 5.56 Å². The van der Waals surface area contributed by atoms with Crippen LogP contribution in [0.4, 0.5) is 0 Å². The third-order valence-electron chi connectivity index (χ3n) is 2.38. The number of hydrogen-bond acceptors (Lipinski definition) is 4. The van der Waals surface area contributed by atoms with Gasteiger partial charge in [0.1, 0.15) is 11.4 Å². The fraction of sp³-hybridized carbons (Fsp3) is 0.167. The number of nitrogens with one attached hydrogen (secondary N) is 1. The maximum absolute atomic E-state index is 11.8. The summed E-state index contributed by atoms with van der Waals surface area (Å²) in [6.07, 6.45) is 0. The quantitative estimate of drug-likeness (QED) is 0.900. The van der Waals surface area contributed by atoms with Crippen molar-refractivity contribution in [2.24, 2.45) is 0 Å². The minimum atomic E-state index is -0.370. The molecule has 2 aromatic rings. The summed E-state index contributed by atoms with van der Waals surface area (Å²) < 4.78 is 2.12. The predicted octanol–water partition coefficient (Wildman–Crippen LogP) is 1.42. The highest BCUT2D eigenvalue weighted by Gasteiger charge is 2.08. The molecule has 0 spiro atoms. The van der Waals surface area contributed by atoms with Gasteiger partial charge >= 0.3 is 0 Å². The van der Waals surface area contributed by atoms with E-state index in [4.69, 9.17) is 0 Å². The van der Waals surface area contributed by atoms with E-state index in [0.717, 1.165) is 4.47 Å². The minimum Gasteiger partial charge on any atom is -0.506 e. The molecule has 1 heterocycles. The Bertz CT molecular complexity index is 625. The lowest BCUT2D eigenvalue weighted by atomic mass is 10.3. The van der Waals surface area contributed by atoms with Crippen molar-refractivity contribution in [3.05, 3.63) is 50.9 Å². The van der Waals surface area contributed by atoms with Crippen LogP contribution in [0.2, 0.25) is 0 Å². The van der Waals surface area contributed by atoms with Crippen LogP contribution in [-0.2, 0) is 6.54 Å². The molecule has 2 N–H and O–H groups in total. The molecule has 1 aromatic heterocycles. The van der Waals surface area contributed by atoms with Gasteiger partial charge in [0.05, 0.1) is 5.69 Å². The van der Waals surface area contributed by atoms with Crippen LogP contribution in [0.5, 0.6) is 5.75 Å². The lowest BCUT2D eigenvalue weighted by Gasteiger charge is -2.08. The minimum absolute atomic E-state index is 0.0967. The molecule has 1 aromatic carbocycles. The normalized spacial score (nSPS) is 10.6. The lowest BCUT2D eigenvalue weighted by molar-refractivity contribution is 0.453. The van der Waals surface area contributed by atoms with Crippen molar-refractivity contribution in [2.45, 2.75) is 6.54 Å². The molecule has 6 heteroatoms. The molecule has 0 saturated heterocycles. The van der Waals surface area contributed by atoms with Crippen LogP contribution in [0.1, 0.15) is 5.69 Å². The van der Waals surface area contributed by atoms with Gasteiger partial charge < -0.3 is 10.4 Å². The predicted molar refractivity (Wildman–Crippen MR) is 72.0 cm³/mol. The zero-order chi connectivity index (χ0) is 13.1. The average Bonchev–Trinajstić information content (AvgIpc) is 2.33. The molecule has 2 rings (SSSR count). The fourth-order valence-electron chi connectivity index (χ4n) is 1.57. The first kappa shape index (κ1) is 12.8. The SMILES string of the molecule is CNCc1nn(-c2cccc(Br)c2)c(=O)cc1O. The highest BCUT2D eigenvalue weighted by molar-refractivity contribution is 9.10. The van der Waals surface area contributed by atoms with E-state index < -0.39 is 0 Å². The Labute approximate surface area is 112 Å². The van der Waals surface area contributed by atoms with Gasteiger partial charge in [-0.05, 0) is 25.2 Å². The third kappa shape index (κ3) is 2.60. The van der Waals surface area contributed by atoms with Crippen LogP contribution >= 0.6 is 15.9 Å². The van der Waals surface area contributed by atoms with Crippen LogP contribution in [-0.4, -0.2) is 21.9 Å². The van der Waals surface area contributed by atoms with Gasteiger partial charge in [-0.1, -0.05) is 22.0 Å². The van der Waals surface area contributed by atoms with Crippen molar-refractivity contribution in [1.29, 1.82) is 0 Å². The molecule has 5 nitrogen and oxygen atoms in total. The van der Waals surface area contributed by atoms with Gasteiger partial charge in [0, 0.05) is 17.1 Å². The van der Waals surface area contributed by atoms with Crippen molar-refractivity contribution in [1.82, 2.24) is 15.1 Å². The topological polar surface area (TPSA) is 67.2 Å². The smallest absolute Gasteiger partial charge is 0.275 e. The molecule has 0 unspecified atom stereocenters. The fourth-order valence-corrected chi connectivity index (χ4v) is 1.96. The van der Waals surface area contributed by atoms with E-state index in [-0.39, 0.29) is 11.3 Å². The first-order chi connectivity index (χ1) is 8.61. The molecule has 0 aliphatic heterocycles. The molecule has 0 radical (unpaired) electrons. The van der Waals surface area contributed by atoms with E-state index in [1.54, 1.807) is 19.2 Å². The van der Waals surface area contributed by atoms with Crippen molar-refractivity contribution >= 4 is 15.9 Å². The van der Waals surface area contributed by atoms with Gasteiger partial charge in [-0.3, -0.25) is 4.79 Å². The first-order valence-corrected chi connectivity index (χ1v) is 6.14. The molecule has 0 fully saturated rings. The second-order valence-electron chi connectivity index (χ2n) is 3.74. The zero-order valence-corrected chi connectivity index (χ0v) is 11.3. The van der Waals surface area contributed by atoms with Crippen LogP contribution in [0.15, 0.2) is 39.6 Å². The molecule has 0 amide bonds. The number of rotatable bonds is 3. The Morgan fingerprint density at radius 3 is 2.89 bits per heavy atom. The Morgan fingerprint density at radius 1 is 1.44 bits per heavy atom. The largest absolute Gasteiger partial charge is 0.506 e. The summed E-state index contributed by atoms with van der Waals surface area (Å²) >= 11 is 3.34. The summed E-state index contributed by atoms with van der Waals surface area (Å²) in [6, 6.07) is 8.41. The van der Waals surface area contributed by atoms with E-state index in [2.05, 4.69) is 26.3 Å². The van der Waals surface area contributed by atoms with Crippen LogP contribution in [0, 0.1) is 0 Å². The molecular weight excluding hydrogens is 298 g/mol. The molecule has 0 saturated carbocycles. The number of benzene rings is 1. The highest BCUT2D eigenvalue weighted by Crippen LogP contribution is 2.15. The van der Waals surface area contributed by atoms with Gasteiger partial charge in [0.2, 0.25) is 0 Å². The zero-order valence-electron chi connectivity index (χ0n) is 9.72. The highest BCUT2D eigenvalue weighted by atomic mass is 79.9. The Kier molecular flexibility index (Phi) is 3.78. The number of hydrogen-bond donors (Lipinski definition) is 2. The summed E-state index contributed by atoms with van der Waals surface area (Å²) in [5, 5.41) is 16.7. The van der Waals surface area contributed by atoms with E-state index in [0.29, 0.717) is 17.9 Å². The average molecular weight is 310 g/mol. The van der Waals surface area contributed by atoms with Crippen molar-refractivity contribution in [3.8, 4) is 11.4 Å². The van der Waals surface area contributed by atoms with Gasteiger partial charge in [0.15, 0.2) is 0 Å². The molecule has 0 aliphatic rings. The Morgan fingerprint density at radius 2 is 2.22 bits per heavy atom. The second kappa shape index (κ2) is 5.32. The van der Waals surface area contributed by atoms with E-state index >= 15 is 0 Å². The summed E-state index contributed by atoms with van der Waals surface area (Å²) in [4.78, 5) is 11.8. The van der Waals surface area contributed by atoms with Crippen molar-refractivity contribution < 1.29 is 5.11 Å². The summed E-state index contributed by atoms with van der Waals surface area (Å²) in [7, 11) is 1.75. The number of aromatic nitrogens is 2. The number of halogens is 1. The van der Waals surface area contributed by atoms with E-state index in [1.807, 2.05) is 12.1 Å². The van der Waals surface area contributed by atoms with E-state index in [9.17, 15) is 9.90 Å². The first-order valence-electron chi connectivity index (χ1n) is 5.34. The molecular formula is C12H12BrN3O2. The molecule has 0 bridgehead atoms. The Hall–Kier alpha value is -1.66. The van der Waals surface area contributed by atoms with Crippen molar-refractivity contribution in [3.63, 3.8) is 0 Å². The molecule has 0 atom stereocenters. The van der Waals surface area contributed by atoms with Gasteiger partial charge in [-0.25, -0.2) is 0 Å². The second-order valence-corrected chi connectivity index (χ2v) is 4.65. The van der Waals surface area contributed by atoms with Crippen LogP contribution in [0.25, 0.3) is 5.69 Å². The number of aromatic hydroxyl groups is 1. The lowest BCUT2D eigenvalue weighted by Crippen LogP contribution is -2.23. The molecule has 0 aliphatic carbocycles. The standard InChI is InChI=1S/C12H12BrN3O2/c1-14-7-10-11(17)6-12(18)16(15-10)9-4-2-3-8(13)5-9/h2-6,14,17H,7H2,1H3. The summed E-state index contributed by atoms with van der Waals surface area (Å²) in [5.74, 6) is -0.0967. The third-order valence-corrected chi connectivity index (χ3v) is 2.88. The van der Waals surface area contributed by atoms with Gasteiger partial charge in [-0.2, -0.15) is 9.78 Å². The molecule has 18 heavy (non-hydrogen) atoms. The molecule has 94 valence electrons. The summed E-state index contributed by atoms with van der Waals surface area (Å²) in [5.41, 5.74) is 0.703. The van der Waals surface area contributed by atoms with Gasteiger partial charge in [-0.15, -0.1) is 0 Å².